The van der Waals surface area contributed by atoms with E-state index in [0.717, 1.165) is 55.7 Å². The lowest BCUT2D eigenvalue weighted by Crippen LogP contribution is -2.48. The fraction of sp³-hybridized carbons (Fsp3) is 0.737. The summed E-state index contributed by atoms with van der Waals surface area (Å²) in [5.74, 6) is 0.155. The summed E-state index contributed by atoms with van der Waals surface area (Å²) in [5, 5.41) is 10.3. The number of hydrogen-bond donors (Lipinski definition) is 1. The third kappa shape index (κ3) is 4.26. The number of aromatic nitrogens is 1. The molecule has 2 atom stereocenters. The zero-order chi connectivity index (χ0) is 17.7. The second kappa shape index (κ2) is 8.79. The van der Waals surface area contributed by atoms with Gasteiger partial charge in [-0.25, -0.2) is 0 Å². The fourth-order valence-electron chi connectivity index (χ4n) is 3.80. The molecule has 0 saturated carbocycles. The van der Waals surface area contributed by atoms with Gasteiger partial charge in [-0.3, -0.25) is 9.69 Å². The molecule has 24 heavy (non-hydrogen) atoms. The van der Waals surface area contributed by atoms with Gasteiger partial charge < -0.3 is 14.4 Å². The van der Waals surface area contributed by atoms with Crippen molar-refractivity contribution in [3.05, 3.63) is 23.0 Å². The fourth-order valence-corrected chi connectivity index (χ4v) is 3.80. The Balaban J connectivity index is 2.11. The number of aliphatic hydroxyl groups is 1. The molecule has 5 nitrogen and oxygen atoms in total. The van der Waals surface area contributed by atoms with Crippen molar-refractivity contribution in [3.63, 3.8) is 0 Å². The molecule has 5 heteroatoms. The first-order chi connectivity index (χ1) is 11.5. The highest BCUT2D eigenvalue weighted by Gasteiger charge is 2.30. The number of rotatable bonds is 8. The molecule has 0 spiro atoms. The summed E-state index contributed by atoms with van der Waals surface area (Å²) in [6.07, 6.45) is 3.62. The highest BCUT2D eigenvalue weighted by atomic mass is 16.5. The summed E-state index contributed by atoms with van der Waals surface area (Å²) < 4.78 is 7.30. The number of nitrogens with zero attached hydrogens (tertiary/aromatic N) is 2. The normalized spacial score (nSPS) is 20.3. The number of piperidine rings is 1. The van der Waals surface area contributed by atoms with E-state index in [1.54, 1.807) is 7.11 Å². The number of Topliss-reactive ketones (excluding diaryl/α,β-unsaturated/α-hetero) is 1. The number of methoxy groups -OCH3 is 1. The average molecular weight is 336 g/mol. The Morgan fingerprint density at radius 3 is 2.83 bits per heavy atom. The van der Waals surface area contributed by atoms with Crippen molar-refractivity contribution >= 4 is 5.78 Å². The largest absolute Gasteiger partial charge is 0.392 e. The van der Waals surface area contributed by atoms with Crippen molar-refractivity contribution in [2.75, 3.05) is 26.8 Å². The molecule has 0 aliphatic carbocycles. The van der Waals surface area contributed by atoms with Crippen LogP contribution in [-0.4, -0.2) is 59.3 Å². The van der Waals surface area contributed by atoms with Gasteiger partial charge in [0.25, 0.3) is 0 Å². The topological polar surface area (TPSA) is 54.7 Å². The van der Waals surface area contributed by atoms with Crippen molar-refractivity contribution in [1.29, 1.82) is 0 Å². The first kappa shape index (κ1) is 19.2. The van der Waals surface area contributed by atoms with E-state index in [2.05, 4.69) is 9.47 Å². The minimum Gasteiger partial charge on any atom is -0.392 e. The number of likely N-dealkylation sites (tertiary alicyclic amines) is 1. The molecule has 0 bridgehead atoms. The van der Waals surface area contributed by atoms with Crippen molar-refractivity contribution in [1.82, 2.24) is 9.47 Å². The Morgan fingerprint density at radius 2 is 2.17 bits per heavy atom. The smallest absolute Gasteiger partial charge is 0.178 e. The molecule has 2 heterocycles. The summed E-state index contributed by atoms with van der Waals surface area (Å²) in [4.78, 5) is 15.0. The Labute approximate surface area is 145 Å². The standard InChI is InChI=1S/C19H32N2O3/c1-5-18(22)17-8-6-7-9-20(17)13-19(23)16-12-14(2)21(15(16)3)10-11-24-4/h12,17-18,22H,5-11,13H2,1-4H3. The third-order valence-electron chi connectivity index (χ3n) is 5.27. The molecule has 2 unspecified atom stereocenters. The van der Waals surface area contributed by atoms with Crippen LogP contribution in [0.2, 0.25) is 0 Å². The first-order valence-electron chi connectivity index (χ1n) is 9.10. The van der Waals surface area contributed by atoms with Crippen LogP contribution in [0.4, 0.5) is 0 Å². The summed E-state index contributed by atoms with van der Waals surface area (Å²) >= 11 is 0. The minimum atomic E-state index is -0.341. The second-order valence-electron chi connectivity index (χ2n) is 6.86. The van der Waals surface area contributed by atoms with Gasteiger partial charge in [0.2, 0.25) is 0 Å². The quantitative estimate of drug-likeness (QED) is 0.741. The molecule has 0 aromatic carbocycles. The molecular weight excluding hydrogens is 304 g/mol. The van der Waals surface area contributed by atoms with E-state index in [-0.39, 0.29) is 17.9 Å². The number of ketones is 1. The van der Waals surface area contributed by atoms with E-state index in [0.29, 0.717) is 13.2 Å². The van der Waals surface area contributed by atoms with Crippen LogP contribution in [-0.2, 0) is 11.3 Å². The second-order valence-corrected chi connectivity index (χ2v) is 6.86. The molecule has 136 valence electrons. The number of carbonyl (C=O) groups excluding carboxylic acids is 1. The van der Waals surface area contributed by atoms with Crippen LogP contribution >= 0.6 is 0 Å². The maximum Gasteiger partial charge on any atom is 0.178 e. The Morgan fingerprint density at radius 1 is 1.42 bits per heavy atom. The first-order valence-corrected chi connectivity index (χ1v) is 9.10. The predicted molar refractivity (Wildman–Crippen MR) is 95.6 cm³/mol. The summed E-state index contributed by atoms with van der Waals surface area (Å²) in [7, 11) is 1.69. The molecule has 1 N–H and O–H groups in total. The molecule has 1 aliphatic rings. The van der Waals surface area contributed by atoms with Gasteiger partial charge in [0.1, 0.15) is 0 Å². The summed E-state index contributed by atoms with van der Waals surface area (Å²) in [5.41, 5.74) is 2.91. The van der Waals surface area contributed by atoms with Crippen LogP contribution in [0.3, 0.4) is 0 Å². The number of carbonyl (C=O) groups is 1. The lowest BCUT2D eigenvalue weighted by atomic mass is 9.95. The lowest BCUT2D eigenvalue weighted by Gasteiger charge is -2.37. The molecular formula is C19H32N2O3. The van der Waals surface area contributed by atoms with Crippen molar-refractivity contribution < 1.29 is 14.6 Å². The summed E-state index contributed by atoms with van der Waals surface area (Å²) in [6.45, 7) is 8.74. The van der Waals surface area contributed by atoms with Crippen LogP contribution in [0.15, 0.2) is 6.07 Å². The van der Waals surface area contributed by atoms with Gasteiger partial charge in [-0.2, -0.15) is 0 Å². The van der Waals surface area contributed by atoms with Gasteiger partial charge in [0.15, 0.2) is 5.78 Å². The van der Waals surface area contributed by atoms with Gasteiger partial charge in [-0.1, -0.05) is 13.3 Å². The van der Waals surface area contributed by atoms with E-state index in [9.17, 15) is 9.90 Å². The molecule has 2 rings (SSSR count). The maximum absolute atomic E-state index is 12.9. The van der Waals surface area contributed by atoms with Crippen molar-refractivity contribution in [3.8, 4) is 0 Å². The molecule has 1 saturated heterocycles. The van der Waals surface area contributed by atoms with Gasteiger partial charge in [-0.15, -0.1) is 0 Å². The molecule has 0 amide bonds. The van der Waals surface area contributed by atoms with E-state index >= 15 is 0 Å². The highest BCUT2D eigenvalue weighted by molar-refractivity contribution is 5.99. The molecule has 1 fully saturated rings. The van der Waals surface area contributed by atoms with Crippen LogP contribution in [0.1, 0.15) is 54.4 Å². The summed E-state index contributed by atoms with van der Waals surface area (Å²) in [6, 6.07) is 2.10. The van der Waals surface area contributed by atoms with E-state index < -0.39 is 0 Å². The predicted octanol–water partition coefficient (Wildman–Crippen LogP) is 2.56. The maximum atomic E-state index is 12.9. The molecule has 1 aromatic rings. The Bertz CT molecular complexity index is 553. The van der Waals surface area contributed by atoms with E-state index in [1.807, 2.05) is 26.8 Å². The van der Waals surface area contributed by atoms with Gasteiger partial charge in [0, 0.05) is 36.6 Å². The van der Waals surface area contributed by atoms with Crippen LogP contribution < -0.4 is 0 Å². The minimum absolute atomic E-state index is 0.115. The SMILES string of the molecule is CCC(O)C1CCCCN1CC(=O)c1cc(C)n(CCOC)c1C. The highest BCUT2D eigenvalue weighted by Crippen LogP contribution is 2.23. The van der Waals surface area contributed by atoms with Crippen molar-refractivity contribution in [2.24, 2.45) is 0 Å². The lowest BCUT2D eigenvalue weighted by molar-refractivity contribution is 0.0247. The number of hydrogen-bond acceptors (Lipinski definition) is 4. The van der Waals surface area contributed by atoms with E-state index in [4.69, 9.17) is 4.74 Å². The Hall–Kier alpha value is -1.17. The van der Waals surface area contributed by atoms with Crippen LogP contribution in [0.25, 0.3) is 0 Å². The van der Waals surface area contributed by atoms with Gasteiger partial charge >= 0.3 is 0 Å². The van der Waals surface area contributed by atoms with Crippen molar-refractivity contribution in [2.45, 2.75) is 65.1 Å². The zero-order valence-corrected chi connectivity index (χ0v) is 15.5. The Kier molecular flexibility index (Phi) is 7.02. The van der Waals surface area contributed by atoms with Crippen LogP contribution in [0.5, 0.6) is 0 Å². The van der Waals surface area contributed by atoms with Crippen LogP contribution in [0, 0.1) is 13.8 Å². The number of aryl methyl sites for hydroxylation is 1. The van der Waals surface area contributed by atoms with E-state index in [1.165, 1.54) is 0 Å². The molecule has 1 aromatic heterocycles. The molecule has 1 aliphatic heterocycles. The van der Waals surface area contributed by atoms with Gasteiger partial charge in [0.05, 0.1) is 19.3 Å². The monoisotopic (exact) mass is 336 g/mol. The zero-order valence-electron chi connectivity index (χ0n) is 15.5. The third-order valence-corrected chi connectivity index (χ3v) is 5.27. The molecule has 0 radical (unpaired) electrons. The van der Waals surface area contributed by atoms with Gasteiger partial charge in [-0.05, 0) is 45.7 Å². The number of ether oxygens (including phenoxy) is 1. The average Bonchev–Trinajstić information content (AvgIpc) is 2.87. The number of aliphatic hydroxyl groups excluding tert-OH is 1.